The zero-order valence-corrected chi connectivity index (χ0v) is 78.9. The second-order valence-electron chi connectivity index (χ2n) is 37.2. The van der Waals surface area contributed by atoms with Crippen LogP contribution in [0.25, 0.3) is 264 Å². The summed E-state index contributed by atoms with van der Waals surface area (Å²) in [5.41, 5.74) is 25.8. The minimum Gasteiger partial charge on any atom is -0.358 e. The Morgan fingerprint density at radius 3 is 0.517 bits per heavy atom. The molecule has 0 N–H and O–H groups in total. The van der Waals surface area contributed by atoms with Crippen molar-refractivity contribution in [1.82, 2.24) is 56.5 Å². The van der Waals surface area contributed by atoms with E-state index in [-0.39, 0.29) is 30.1 Å². The molecule has 14 nitrogen and oxygen atoms in total. The van der Waals surface area contributed by atoms with Crippen molar-refractivity contribution in [2.75, 3.05) is 0 Å². The van der Waals surface area contributed by atoms with E-state index in [1.54, 1.807) is 13.7 Å². The Morgan fingerprint density at radius 1 is 0.163 bits per heavy atom. The number of pyridine rings is 4. The molecule has 0 atom stereocenters. The van der Waals surface area contributed by atoms with Gasteiger partial charge in [-0.25, -0.2) is 8.78 Å². The lowest BCUT2D eigenvalue weighted by Gasteiger charge is -2.30. The summed E-state index contributed by atoms with van der Waals surface area (Å²) in [7, 11) is 0. The van der Waals surface area contributed by atoms with Gasteiger partial charge in [0.25, 0.3) is 0 Å². The summed E-state index contributed by atoms with van der Waals surface area (Å²) in [5.74, 6) is -1.65. The van der Waals surface area contributed by atoms with Crippen LogP contribution in [0.15, 0.2) is 462 Å². The number of hydrogen-bond donors (Lipinski definition) is 0. The molecule has 12 aromatic heterocycles. The molecule has 30 aromatic rings. The molecule has 0 bridgehead atoms. The monoisotopic (exact) mass is 1890 g/mol. The Labute approximate surface area is 839 Å². The van der Waals surface area contributed by atoms with Gasteiger partial charge in [0.05, 0.1) is 117 Å². The predicted octanol–water partition coefficient (Wildman–Crippen LogP) is 32.9. The lowest BCUT2D eigenvalue weighted by atomic mass is 10.0. The van der Waals surface area contributed by atoms with Crippen molar-refractivity contribution in [2.24, 2.45) is 0 Å². The zero-order chi connectivity index (χ0) is 96.6. The molecule has 688 valence electrons. The van der Waals surface area contributed by atoms with Crippen LogP contribution in [0.5, 0.6) is 0 Å². The number of aromatic nitrogens is 12. The molecule has 0 spiro atoms. The van der Waals surface area contributed by atoms with Crippen LogP contribution >= 0.6 is 0 Å². The SMILES string of the molecule is N#Cc1c(-n2c3ccccc3c3ccccc32)c(-n2c3ccc(-c4cccnc4)cc3c3cc(-c4cccnc4)ccc32)c(-n2c3ccccc3c3ccccc32)c(-n2c3ccc(-c4cccnc4)cc3c3cc(-c4cccnc4)ccc32)c1-n1c2ccccc2c2ccccc21.N#Cc1c(-n2c3ccccc3c3ccccc32)c(F)c(-n2c3ccccc3c3ccccc32)c(F)c1-n1c2ccccc2c2ccccc21.[CH3-]. The number of nitriles is 2. The van der Waals surface area contributed by atoms with E-state index in [4.69, 9.17) is 0 Å². The van der Waals surface area contributed by atoms with Gasteiger partial charge in [-0.3, -0.25) is 19.9 Å². The van der Waals surface area contributed by atoms with Crippen LogP contribution in [0.4, 0.5) is 8.78 Å². The molecule has 0 radical (unpaired) electrons. The first-order valence-electron chi connectivity index (χ1n) is 48.6. The van der Waals surface area contributed by atoms with Gasteiger partial charge in [-0.05, 0) is 168 Å². The van der Waals surface area contributed by atoms with E-state index in [1.165, 1.54) is 0 Å². The third-order valence-corrected chi connectivity index (χ3v) is 29.7. The van der Waals surface area contributed by atoms with Crippen molar-refractivity contribution >= 4 is 174 Å². The Kier molecular flexibility index (Phi) is 19.3. The number of benzene rings is 18. The summed E-state index contributed by atoms with van der Waals surface area (Å²) in [6.45, 7) is 0. The Hall–Kier alpha value is -20.2. The van der Waals surface area contributed by atoms with Gasteiger partial charge in [0.15, 0.2) is 11.6 Å². The molecule has 0 saturated carbocycles. The van der Waals surface area contributed by atoms with Crippen molar-refractivity contribution in [3.8, 4) is 102 Å². The molecule has 0 aliphatic carbocycles. The highest BCUT2D eigenvalue weighted by Gasteiger charge is 2.39. The first kappa shape index (κ1) is 84.8. The number of rotatable bonds is 12. The summed E-state index contributed by atoms with van der Waals surface area (Å²) in [5, 5.41) is 40.5. The fourth-order valence-corrected chi connectivity index (χ4v) is 23.6. The zero-order valence-electron chi connectivity index (χ0n) is 78.9. The first-order chi connectivity index (χ1) is 72.3. The van der Waals surface area contributed by atoms with E-state index in [2.05, 4.69) is 298 Å². The average molecular weight is 1890 g/mol. The van der Waals surface area contributed by atoms with Crippen LogP contribution < -0.4 is 0 Å². The van der Waals surface area contributed by atoms with E-state index >= 15 is 8.78 Å². The lowest BCUT2D eigenvalue weighted by Crippen LogP contribution is -2.18. The summed E-state index contributed by atoms with van der Waals surface area (Å²) in [4.78, 5) is 18.5. The van der Waals surface area contributed by atoms with Crippen LogP contribution in [0.1, 0.15) is 11.1 Å². The van der Waals surface area contributed by atoms with Crippen molar-refractivity contribution in [3.63, 3.8) is 0 Å². The number of fused-ring (bicyclic) bond motifs is 24. The summed E-state index contributed by atoms with van der Waals surface area (Å²) < 4.78 is 53.6. The minimum absolute atomic E-state index is 0. The van der Waals surface area contributed by atoms with Crippen LogP contribution in [0, 0.1) is 41.7 Å². The van der Waals surface area contributed by atoms with Crippen molar-refractivity contribution in [3.05, 3.63) is 492 Å². The van der Waals surface area contributed by atoms with Gasteiger partial charge < -0.3 is 44.0 Å². The molecule has 12 heterocycles. The summed E-state index contributed by atoms with van der Waals surface area (Å²) >= 11 is 0. The Bertz CT molecular complexity index is 9870. The summed E-state index contributed by atoms with van der Waals surface area (Å²) in [6.07, 6.45) is 15.0. The Balaban J connectivity index is 0.000000175. The average Bonchev–Trinajstić information content (AvgIpc) is 1.51. The van der Waals surface area contributed by atoms with Crippen LogP contribution in [-0.2, 0) is 0 Å². The largest absolute Gasteiger partial charge is 0.358 e. The lowest BCUT2D eigenvalue weighted by molar-refractivity contribution is 0.565. The molecular weight excluding hydrogens is 1810 g/mol. The van der Waals surface area contributed by atoms with Gasteiger partial charge in [-0.2, -0.15) is 10.5 Å². The van der Waals surface area contributed by atoms with Gasteiger partial charge in [0.2, 0.25) is 0 Å². The topological polar surface area (TPSA) is 139 Å². The van der Waals surface area contributed by atoms with Crippen LogP contribution in [0.2, 0.25) is 0 Å². The standard InChI is InChI=1S/C87H52N10.C43H24F2N4.CH3/c88-49-72-83(93-73-27-7-1-21-62(73)63-22-2-8-28-74(63)93)85(96-79-37-33-54(58-17-13-41-89-50-58)45-68(79)69-46-55(34-38-80(69)96)59-18-14-42-90-51-59)87(95-77-31-11-5-25-66(77)67-26-6-12-32-78(67)95)86(84(72)94-75-29-9-3-23-64(75)65-24-4-10-30-76(65)94)97-81-39-35-56(60-19-15-43-91-52-60)47-70(81)71-48-57(36-40-82(71)97)61-20-16-44-92-53-61;44-39-41(47-33-19-7-1-13-26(33)27-14-2-8-20-34(27)47)32(25-46)42(48-35-21-9-3-15-28(35)29-16-4-10-22-36(29)48)40(45)43(39)49-37-23-11-5-17-30(37)31-18-6-12-24-38(31)49;/h1-48,50-53H;1-24H;1H3/q;;-1. The van der Waals surface area contributed by atoms with E-state index in [0.717, 1.165) is 203 Å². The highest BCUT2D eigenvalue weighted by Crippen LogP contribution is 2.55. The highest BCUT2D eigenvalue weighted by atomic mass is 19.1. The van der Waals surface area contributed by atoms with Gasteiger partial charge in [0.1, 0.15) is 40.3 Å². The third-order valence-electron chi connectivity index (χ3n) is 29.7. The molecule has 0 amide bonds. The second kappa shape index (κ2) is 33.5. The molecule has 18 aromatic carbocycles. The number of para-hydroxylation sites is 12. The van der Waals surface area contributed by atoms with Gasteiger partial charge >= 0.3 is 0 Å². The van der Waals surface area contributed by atoms with Crippen LogP contribution in [0.3, 0.4) is 0 Å². The fourth-order valence-electron chi connectivity index (χ4n) is 23.6. The maximum absolute atomic E-state index is 18.0. The van der Waals surface area contributed by atoms with Crippen LogP contribution in [-0.4, -0.2) is 56.5 Å². The molecule has 0 unspecified atom stereocenters. The fraction of sp³-hybridized carbons (Fsp3) is 0. The van der Waals surface area contributed by atoms with Crippen molar-refractivity contribution in [1.29, 1.82) is 10.5 Å². The molecule has 0 aliphatic rings. The van der Waals surface area contributed by atoms with Gasteiger partial charge in [0, 0.05) is 158 Å². The van der Waals surface area contributed by atoms with E-state index < -0.39 is 11.6 Å². The molecular formula is C131H79F2N14-. The van der Waals surface area contributed by atoms with E-state index in [0.29, 0.717) is 50.0 Å². The molecule has 0 aliphatic heterocycles. The molecule has 30 rings (SSSR count). The van der Waals surface area contributed by atoms with E-state index in [1.807, 2.05) is 219 Å². The van der Waals surface area contributed by atoms with Crippen molar-refractivity contribution in [2.45, 2.75) is 0 Å². The smallest absolute Gasteiger partial charge is 0.175 e. The number of nitrogens with zero attached hydrogens (tertiary/aromatic N) is 14. The molecule has 147 heavy (non-hydrogen) atoms. The number of hydrogen-bond acceptors (Lipinski definition) is 6. The third kappa shape index (κ3) is 12.6. The minimum atomic E-state index is -0.823. The van der Waals surface area contributed by atoms with Gasteiger partial charge in [-0.1, -0.05) is 267 Å². The van der Waals surface area contributed by atoms with E-state index in [9.17, 15) is 10.5 Å². The normalized spacial score (nSPS) is 11.8. The maximum Gasteiger partial charge on any atom is 0.175 e. The molecule has 16 heteroatoms. The molecule has 0 saturated heterocycles. The summed E-state index contributed by atoms with van der Waals surface area (Å²) in [6, 6.07) is 148. The maximum atomic E-state index is 18.0. The Morgan fingerprint density at radius 2 is 0.327 bits per heavy atom. The quantitative estimate of drug-likeness (QED) is 0.112. The van der Waals surface area contributed by atoms with Crippen molar-refractivity contribution < 1.29 is 8.78 Å². The highest BCUT2D eigenvalue weighted by molar-refractivity contribution is 6.21. The van der Waals surface area contributed by atoms with Gasteiger partial charge in [-0.15, -0.1) is 0 Å². The number of halogens is 2. The predicted molar refractivity (Wildman–Crippen MR) is 596 cm³/mol. The first-order valence-corrected chi connectivity index (χ1v) is 48.6. The second-order valence-corrected chi connectivity index (χ2v) is 37.2. The molecule has 0 fully saturated rings.